The van der Waals surface area contributed by atoms with Crippen molar-refractivity contribution >= 4 is 5.91 Å². The van der Waals surface area contributed by atoms with Crippen LogP contribution in [0.3, 0.4) is 0 Å². The number of carbonyl (C=O) groups is 1. The number of likely N-dealkylation sites (tertiary alicyclic amines) is 2. The third-order valence-electron chi connectivity index (χ3n) is 6.63. The number of aryl methyl sites for hydroxylation is 2. The molecule has 3 fully saturated rings. The van der Waals surface area contributed by atoms with Crippen molar-refractivity contribution in [3.63, 3.8) is 0 Å². The van der Waals surface area contributed by atoms with Gasteiger partial charge in [0, 0.05) is 36.9 Å². The second-order valence-electron chi connectivity index (χ2n) is 8.19. The molecule has 1 atom stereocenters. The van der Waals surface area contributed by atoms with Gasteiger partial charge in [0.1, 0.15) is 0 Å². The molecule has 1 saturated carbocycles. The van der Waals surface area contributed by atoms with Gasteiger partial charge in [-0.15, -0.1) is 0 Å². The highest BCUT2D eigenvalue weighted by atomic mass is 16.2. The van der Waals surface area contributed by atoms with Crippen molar-refractivity contribution in [1.82, 2.24) is 20.0 Å². The molecule has 5 heteroatoms. The standard InChI is InChI=1S/C19H30N4O/c1-14-17(15(2)21-20-14)12-22-11-9-19(13-22)8-5-10-23(18(19)24)16-6-3-4-7-16/h16H,3-13H2,1-2H3,(H,20,21). The van der Waals surface area contributed by atoms with E-state index >= 15 is 0 Å². The molecule has 1 amide bonds. The van der Waals surface area contributed by atoms with Crippen LogP contribution in [-0.2, 0) is 11.3 Å². The lowest BCUT2D eigenvalue weighted by Gasteiger charge is -2.42. The Kier molecular flexibility index (Phi) is 4.15. The van der Waals surface area contributed by atoms with Gasteiger partial charge in [-0.1, -0.05) is 12.8 Å². The summed E-state index contributed by atoms with van der Waals surface area (Å²) in [7, 11) is 0. The van der Waals surface area contributed by atoms with Crippen molar-refractivity contribution < 1.29 is 4.79 Å². The summed E-state index contributed by atoms with van der Waals surface area (Å²) in [6.07, 6.45) is 8.33. The SMILES string of the molecule is Cc1n[nH]c(C)c1CN1CCC2(CCCN(C3CCCC3)C2=O)C1. The van der Waals surface area contributed by atoms with Crippen LogP contribution >= 0.6 is 0 Å². The Morgan fingerprint density at radius 3 is 2.67 bits per heavy atom. The van der Waals surface area contributed by atoms with Crippen LogP contribution in [0.1, 0.15) is 61.9 Å². The molecule has 1 aromatic rings. The minimum Gasteiger partial charge on any atom is -0.339 e. The molecule has 1 spiro atoms. The van der Waals surface area contributed by atoms with Gasteiger partial charge in [-0.25, -0.2) is 0 Å². The molecule has 1 aliphatic carbocycles. The highest BCUT2D eigenvalue weighted by molar-refractivity contribution is 5.84. The highest BCUT2D eigenvalue weighted by Crippen LogP contribution is 2.42. The van der Waals surface area contributed by atoms with Crippen LogP contribution in [0.15, 0.2) is 0 Å². The molecule has 0 bridgehead atoms. The molecule has 2 aliphatic heterocycles. The first-order valence-electron chi connectivity index (χ1n) is 9.63. The molecule has 1 unspecified atom stereocenters. The van der Waals surface area contributed by atoms with E-state index in [-0.39, 0.29) is 5.41 Å². The Bertz CT molecular complexity index is 599. The summed E-state index contributed by atoms with van der Waals surface area (Å²) in [5.74, 6) is 0.462. The number of H-pyrrole nitrogens is 1. The fourth-order valence-corrected chi connectivity index (χ4v) is 5.17. The topological polar surface area (TPSA) is 52.2 Å². The summed E-state index contributed by atoms with van der Waals surface area (Å²) in [5, 5.41) is 7.40. The van der Waals surface area contributed by atoms with Gasteiger partial charge in [0.2, 0.25) is 5.91 Å². The van der Waals surface area contributed by atoms with E-state index in [4.69, 9.17) is 0 Å². The largest absolute Gasteiger partial charge is 0.339 e. The number of hydrogen-bond acceptors (Lipinski definition) is 3. The van der Waals surface area contributed by atoms with Crippen molar-refractivity contribution in [3.8, 4) is 0 Å². The number of amides is 1. The molecule has 3 heterocycles. The zero-order valence-corrected chi connectivity index (χ0v) is 15.1. The van der Waals surface area contributed by atoms with Crippen LogP contribution in [0, 0.1) is 19.3 Å². The number of rotatable bonds is 3. The van der Waals surface area contributed by atoms with Crippen molar-refractivity contribution in [2.24, 2.45) is 5.41 Å². The van der Waals surface area contributed by atoms with Crippen LogP contribution in [0.2, 0.25) is 0 Å². The molecule has 2 saturated heterocycles. The zero-order valence-electron chi connectivity index (χ0n) is 15.1. The smallest absolute Gasteiger partial charge is 0.230 e. The van der Waals surface area contributed by atoms with Crippen LogP contribution in [-0.4, -0.2) is 51.6 Å². The fraction of sp³-hybridized carbons (Fsp3) is 0.789. The lowest BCUT2D eigenvalue weighted by molar-refractivity contribution is -0.148. The number of aromatic amines is 1. The zero-order chi connectivity index (χ0) is 16.7. The normalized spacial score (nSPS) is 29.2. The van der Waals surface area contributed by atoms with E-state index in [1.54, 1.807) is 0 Å². The van der Waals surface area contributed by atoms with Gasteiger partial charge >= 0.3 is 0 Å². The van der Waals surface area contributed by atoms with Gasteiger partial charge in [0.15, 0.2) is 0 Å². The van der Waals surface area contributed by atoms with Gasteiger partial charge < -0.3 is 4.90 Å². The molecule has 5 nitrogen and oxygen atoms in total. The molecule has 24 heavy (non-hydrogen) atoms. The number of aromatic nitrogens is 2. The molecule has 0 radical (unpaired) electrons. The van der Waals surface area contributed by atoms with Crippen LogP contribution in [0.25, 0.3) is 0 Å². The number of nitrogens with one attached hydrogen (secondary N) is 1. The summed E-state index contributed by atoms with van der Waals surface area (Å²) in [5.41, 5.74) is 3.46. The molecule has 132 valence electrons. The van der Waals surface area contributed by atoms with Crippen molar-refractivity contribution in [3.05, 3.63) is 17.0 Å². The number of hydrogen-bond donors (Lipinski definition) is 1. The Morgan fingerprint density at radius 1 is 1.17 bits per heavy atom. The van der Waals surface area contributed by atoms with Crippen molar-refractivity contribution in [1.29, 1.82) is 0 Å². The van der Waals surface area contributed by atoms with Crippen LogP contribution in [0.5, 0.6) is 0 Å². The highest BCUT2D eigenvalue weighted by Gasteiger charge is 2.49. The fourth-order valence-electron chi connectivity index (χ4n) is 5.17. The van der Waals surface area contributed by atoms with Gasteiger partial charge in [-0.3, -0.25) is 14.8 Å². The number of nitrogens with zero attached hydrogens (tertiary/aromatic N) is 3. The second kappa shape index (κ2) is 6.17. The van der Waals surface area contributed by atoms with E-state index in [0.29, 0.717) is 11.9 Å². The average Bonchev–Trinajstić information content (AvgIpc) is 3.29. The van der Waals surface area contributed by atoms with E-state index in [1.807, 2.05) is 0 Å². The molecular formula is C19H30N4O. The Labute approximate surface area is 144 Å². The van der Waals surface area contributed by atoms with Gasteiger partial charge in [0.25, 0.3) is 0 Å². The molecule has 3 aliphatic rings. The monoisotopic (exact) mass is 330 g/mol. The van der Waals surface area contributed by atoms with Crippen LogP contribution in [0.4, 0.5) is 0 Å². The summed E-state index contributed by atoms with van der Waals surface area (Å²) in [4.78, 5) is 18.0. The third kappa shape index (κ3) is 2.67. The Hall–Kier alpha value is -1.36. The maximum atomic E-state index is 13.3. The van der Waals surface area contributed by atoms with Crippen molar-refractivity contribution in [2.45, 2.75) is 71.4 Å². The van der Waals surface area contributed by atoms with Crippen molar-refractivity contribution in [2.75, 3.05) is 19.6 Å². The second-order valence-corrected chi connectivity index (χ2v) is 8.19. The van der Waals surface area contributed by atoms with Gasteiger partial charge in [-0.2, -0.15) is 5.10 Å². The quantitative estimate of drug-likeness (QED) is 0.927. The minimum atomic E-state index is -0.105. The first kappa shape index (κ1) is 16.1. The third-order valence-corrected chi connectivity index (χ3v) is 6.63. The maximum Gasteiger partial charge on any atom is 0.230 e. The number of piperidine rings is 1. The summed E-state index contributed by atoms with van der Waals surface area (Å²) in [6, 6.07) is 0.530. The minimum absolute atomic E-state index is 0.105. The van der Waals surface area contributed by atoms with E-state index in [9.17, 15) is 4.79 Å². The molecular weight excluding hydrogens is 300 g/mol. The van der Waals surface area contributed by atoms with E-state index in [0.717, 1.165) is 50.4 Å². The van der Waals surface area contributed by atoms with Gasteiger partial charge in [-0.05, 0) is 52.5 Å². The van der Waals surface area contributed by atoms with Crippen LogP contribution < -0.4 is 0 Å². The predicted molar refractivity (Wildman–Crippen MR) is 93.6 cm³/mol. The average molecular weight is 330 g/mol. The summed E-state index contributed by atoms with van der Waals surface area (Å²) >= 11 is 0. The van der Waals surface area contributed by atoms with E-state index < -0.39 is 0 Å². The Balaban J connectivity index is 1.47. The lowest BCUT2D eigenvalue weighted by Crippen LogP contribution is -2.53. The summed E-state index contributed by atoms with van der Waals surface area (Å²) < 4.78 is 0. The molecule has 4 rings (SSSR count). The Morgan fingerprint density at radius 2 is 1.96 bits per heavy atom. The van der Waals surface area contributed by atoms with E-state index in [2.05, 4.69) is 33.8 Å². The lowest BCUT2D eigenvalue weighted by atomic mass is 9.77. The van der Waals surface area contributed by atoms with Gasteiger partial charge in [0.05, 0.1) is 11.1 Å². The molecule has 0 aromatic carbocycles. The van der Waals surface area contributed by atoms with E-state index in [1.165, 1.54) is 37.7 Å². The molecule has 1 N–H and O–H groups in total. The maximum absolute atomic E-state index is 13.3. The number of carbonyl (C=O) groups excluding carboxylic acids is 1. The first-order chi connectivity index (χ1) is 11.6. The first-order valence-corrected chi connectivity index (χ1v) is 9.63. The summed E-state index contributed by atoms with van der Waals surface area (Å²) in [6.45, 7) is 8.04. The predicted octanol–water partition coefficient (Wildman–Crippen LogP) is 2.78. The molecule has 1 aromatic heterocycles.